The SMILES string of the molecule is O=C(COC(=O)COc1ccc(Cl)cc1)NC(=O)c1cccs1. The van der Waals surface area contributed by atoms with Gasteiger partial charge in [0.2, 0.25) is 0 Å². The Balaban J connectivity index is 1.68. The molecule has 1 N–H and O–H groups in total. The van der Waals surface area contributed by atoms with Gasteiger partial charge in [0, 0.05) is 5.02 Å². The van der Waals surface area contributed by atoms with E-state index in [9.17, 15) is 14.4 Å². The van der Waals surface area contributed by atoms with Crippen LogP contribution in [-0.4, -0.2) is 31.0 Å². The normalized spacial score (nSPS) is 9.96. The highest BCUT2D eigenvalue weighted by Gasteiger charge is 2.13. The molecule has 0 bridgehead atoms. The van der Waals surface area contributed by atoms with E-state index in [-0.39, 0.29) is 6.61 Å². The van der Waals surface area contributed by atoms with Crippen molar-refractivity contribution < 1.29 is 23.9 Å². The summed E-state index contributed by atoms with van der Waals surface area (Å²) in [6.45, 7) is -0.909. The topological polar surface area (TPSA) is 81.7 Å². The van der Waals surface area contributed by atoms with Crippen molar-refractivity contribution in [1.29, 1.82) is 0 Å². The van der Waals surface area contributed by atoms with Crippen molar-refractivity contribution in [2.24, 2.45) is 0 Å². The van der Waals surface area contributed by atoms with Gasteiger partial charge in [0.1, 0.15) is 5.75 Å². The van der Waals surface area contributed by atoms with Gasteiger partial charge in [-0.25, -0.2) is 4.79 Å². The minimum Gasteiger partial charge on any atom is -0.482 e. The van der Waals surface area contributed by atoms with Crippen molar-refractivity contribution in [1.82, 2.24) is 5.32 Å². The fourth-order valence-corrected chi connectivity index (χ4v) is 2.24. The number of imide groups is 1. The van der Waals surface area contributed by atoms with Crippen molar-refractivity contribution in [2.75, 3.05) is 13.2 Å². The number of hydrogen-bond donors (Lipinski definition) is 1. The van der Waals surface area contributed by atoms with Crippen molar-refractivity contribution >= 4 is 40.7 Å². The molecule has 2 rings (SSSR count). The molecule has 0 radical (unpaired) electrons. The molecule has 0 unspecified atom stereocenters. The Labute approximate surface area is 141 Å². The van der Waals surface area contributed by atoms with Gasteiger partial charge in [0.05, 0.1) is 4.88 Å². The van der Waals surface area contributed by atoms with E-state index < -0.39 is 24.4 Å². The summed E-state index contributed by atoms with van der Waals surface area (Å²) < 4.78 is 9.88. The molecule has 23 heavy (non-hydrogen) atoms. The zero-order valence-electron chi connectivity index (χ0n) is 11.8. The van der Waals surface area contributed by atoms with Crippen LogP contribution in [0.3, 0.4) is 0 Å². The minimum absolute atomic E-state index is 0.353. The van der Waals surface area contributed by atoms with E-state index >= 15 is 0 Å². The Morgan fingerprint density at radius 2 is 1.83 bits per heavy atom. The summed E-state index contributed by atoms with van der Waals surface area (Å²) in [5.41, 5.74) is 0. The molecule has 1 aromatic heterocycles. The summed E-state index contributed by atoms with van der Waals surface area (Å²) in [7, 11) is 0. The van der Waals surface area contributed by atoms with Crippen LogP contribution in [0.25, 0.3) is 0 Å². The van der Waals surface area contributed by atoms with Crippen LogP contribution >= 0.6 is 22.9 Å². The number of esters is 1. The minimum atomic E-state index is -0.723. The van der Waals surface area contributed by atoms with Gasteiger partial charge in [0.25, 0.3) is 11.8 Å². The van der Waals surface area contributed by atoms with Crippen molar-refractivity contribution in [3.63, 3.8) is 0 Å². The maximum atomic E-state index is 11.6. The monoisotopic (exact) mass is 353 g/mol. The Kier molecular flexibility index (Phi) is 6.13. The molecule has 0 saturated heterocycles. The second-order valence-corrected chi connectivity index (χ2v) is 5.64. The Morgan fingerprint density at radius 3 is 2.48 bits per heavy atom. The van der Waals surface area contributed by atoms with E-state index in [1.54, 1.807) is 41.8 Å². The van der Waals surface area contributed by atoms with Crippen molar-refractivity contribution in [2.45, 2.75) is 0 Å². The van der Waals surface area contributed by atoms with Gasteiger partial charge < -0.3 is 9.47 Å². The standard InChI is InChI=1S/C15H12ClNO5S/c16-10-3-5-11(6-4-10)21-9-14(19)22-8-13(18)17-15(20)12-2-1-7-23-12/h1-7H,8-9H2,(H,17,18,20). The van der Waals surface area contributed by atoms with E-state index in [1.165, 1.54) is 11.3 Å². The lowest BCUT2D eigenvalue weighted by Crippen LogP contribution is -2.34. The van der Waals surface area contributed by atoms with Crippen LogP contribution in [0, 0.1) is 0 Å². The third-order valence-electron chi connectivity index (χ3n) is 2.53. The lowest BCUT2D eigenvalue weighted by Gasteiger charge is -2.07. The molecular formula is C15H12ClNO5S. The maximum Gasteiger partial charge on any atom is 0.344 e. The number of carbonyl (C=O) groups excluding carboxylic acids is 3. The molecule has 0 aliphatic carbocycles. The molecule has 1 aromatic carbocycles. The van der Waals surface area contributed by atoms with E-state index in [0.29, 0.717) is 15.6 Å². The van der Waals surface area contributed by atoms with Crippen LogP contribution in [0.4, 0.5) is 0 Å². The van der Waals surface area contributed by atoms with Crippen molar-refractivity contribution in [3.8, 4) is 5.75 Å². The predicted molar refractivity (Wildman–Crippen MR) is 84.7 cm³/mol. The second-order valence-electron chi connectivity index (χ2n) is 4.26. The third kappa shape index (κ3) is 5.72. The molecule has 2 aromatic rings. The smallest absolute Gasteiger partial charge is 0.344 e. The number of amides is 2. The number of rotatable bonds is 6. The first-order valence-electron chi connectivity index (χ1n) is 6.46. The lowest BCUT2D eigenvalue weighted by molar-refractivity contribution is -0.150. The molecule has 0 aliphatic rings. The molecular weight excluding hydrogens is 342 g/mol. The highest BCUT2D eigenvalue weighted by molar-refractivity contribution is 7.12. The molecule has 1 heterocycles. The Bertz CT molecular complexity index is 684. The Morgan fingerprint density at radius 1 is 1.09 bits per heavy atom. The largest absolute Gasteiger partial charge is 0.482 e. The van der Waals surface area contributed by atoms with Gasteiger partial charge >= 0.3 is 5.97 Å². The Hall–Kier alpha value is -2.38. The molecule has 0 fully saturated rings. The molecule has 6 nitrogen and oxygen atoms in total. The summed E-state index contributed by atoms with van der Waals surface area (Å²) in [5, 5.41) is 4.38. The first-order chi connectivity index (χ1) is 11.0. The molecule has 0 spiro atoms. The third-order valence-corrected chi connectivity index (χ3v) is 3.65. The van der Waals surface area contributed by atoms with Gasteiger partial charge in [-0.3, -0.25) is 14.9 Å². The van der Waals surface area contributed by atoms with Gasteiger partial charge in [-0.15, -0.1) is 11.3 Å². The number of ether oxygens (including phenoxy) is 2. The average Bonchev–Trinajstić information content (AvgIpc) is 3.07. The zero-order chi connectivity index (χ0) is 16.7. The van der Waals surface area contributed by atoms with Gasteiger partial charge in [-0.1, -0.05) is 17.7 Å². The van der Waals surface area contributed by atoms with E-state index in [2.05, 4.69) is 5.32 Å². The second kappa shape index (κ2) is 8.30. The molecule has 0 aliphatic heterocycles. The summed E-state index contributed by atoms with van der Waals surface area (Å²) in [6, 6.07) is 9.71. The number of halogens is 1. The molecule has 8 heteroatoms. The number of thiophene rings is 1. The molecule has 2 amide bonds. The molecule has 0 atom stereocenters. The predicted octanol–water partition coefficient (Wildman–Crippen LogP) is 2.28. The quantitative estimate of drug-likeness (QED) is 0.806. The van der Waals surface area contributed by atoms with Gasteiger partial charge in [-0.2, -0.15) is 0 Å². The van der Waals surface area contributed by atoms with Crippen LogP contribution in [-0.2, 0) is 14.3 Å². The van der Waals surface area contributed by atoms with Crippen LogP contribution in [0.1, 0.15) is 9.67 Å². The number of carbonyl (C=O) groups is 3. The number of nitrogens with one attached hydrogen (secondary N) is 1. The first kappa shape index (κ1) is 17.0. The summed E-state index contributed by atoms with van der Waals surface area (Å²) >= 11 is 6.92. The van der Waals surface area contributed by atoms with Crippen LogP contribution in [0.15, 0.2) is 41.8 Å². The molecule has 120 valence electrons. The van der Waals surface area contributed by atoms with E-state index in [0.717, 1.165) is 0 Å². The average molecular weight is 354 g/mol. The first-order valence-corrected chi connectivity index (χ1v) is 7.72. The fraction of sp³-hybridized carbons (Fsp3) is 0.133. The molecule has 0 saturated carbocycles. The van der Waals surface area contributed by atoms with Gasteiger partial charge in [-0.05, 0) is 35.7 Å². The summed E-state index contributed by atoms with van der Waals surface area (Å²) in [6.07, 6.45) is 0. The van der Waals surface area contributed by atoms with Gasteiger partial charge in [0.15, 0.2) is 13.2 Å². The maximum absolute atomic E-state index is 11.6. The number of benzene rings is 1. The van der Waals surface area contributed by atoms with E-state index in [1.807, 2.05) is 0 Å². The highest BCUT2D eigenvalue weighted by Crippen LogP contribution is 2.15. The highest BCUT2D eigenvalue weighted by atomic mass is 35.5. The fourth-order valence-electron chi connectivity index (χ4n) is 1.49. The summed E-state index contributed by atoms with van der Waals surface area (Å²) in [4.78, 5) is 35.0. The number of hydrogen-bond acceptors (Lipinski definition) is 6. The van der Waals surface area contributed by atoms with Crippen LogP contribution < -0.4 is 10.1 Å². The van der Waals surface area contributed by atoms with Crippen LogP contribution in [0.5, 0.6) is 5.75 Å². The lowest BCUT2D eigenvalue weighted by atomic mass is 10.3. The van der Waals surface area contributed by atoms with Crippen molar-refractivity contribution in [3.05, 3.63) is 51.7 Å². The zero-order valence-corrected chi connectivity index (χ0v) is 13.4. The van der Waals surface area contributed by atoms with Crippen LogP contribution in [0.2, 0.25) is 5.02 Å². The van der Waals surface area contributed by atoms with E-state index in [4.69, 9.17) is 21.1 Å². The summed E-state index contributed by atoms with van der Waals surface area (Å²) in [5.74, 6) is -1.51.